The van der Waals surface area contributed by atoms with E-state index in [0.29, 0.717) is 5.01 Å². The highest BCUT2D eigenvalue weighted by Gasteiger charge is 2.54. The van der Waals surface area contributed by atoms with Gasteiger partial charge in [0.05, 0.1) is 16.5 Å². The van der Waals surface area contributed by atoms with Gasteiger partial charge in [-0.2, -0.15) is 11.8 Å². The summed E-state index contributed by atoms with van der Waals surface area (Å²) in [6.45, 7) is 13.2. The lowest BCUT2D eigenvalue weighted by Crippen LogP contribution is -2.54. The summed E-state index contributed by atoms with van der Waals surface area (Å²) in [5, 5.41) is 12.3. The van der Waals surface area contributed by atoms with Gasteiger partial charge in [0.15, 0.2) is 9.84 Å². The van der Waals surface area contributed by atoms with Crippen LogP contribution in [-0.2, 0) is 26.8 Å². The number of thioether (sulfide) groups is 1. The molecule has 0 aromatic carbocycles. The van der Waals surface area contributed by atoms with Crippen LogP contribution >= 0.6 is 23.1 Å². The van der Waals surface area contributed by atoms with Gasteiger partial charge in [-0.1, -0.05) is 20.8 Å². The number of fused-ring (bicyclic) bond motifs is 2. The maximum atomic E-state index is 13.2. The Kier molecular flexibility index (Phi) is 7.26. The van der Waals surface area contributed by atoms with Gasteiger partial charge in [-0.25, -0.2) is 13.4 Å². The van der Waals surface area contributed by atoms with E-state index in [1.54, 1.807) is 20.8 Å². The highest BCUT2D eigenvalue weighted by molar-refractivity contribution is 7.99. The van der Waals surface area contributed by atoms with Crippen molar-refractivity contribution in [2.24, 2.45) is 23.2 Å². The molecule has 9 heteroatoms. The molecule has 4 rings (SSSR count). The molecule has 6 nitrogen and oxygen atoms in total. The number of nitrogens with zero attached hydrogens (tertiary/aromatic N) is 2. The lowest BCUT2D eigenvalue weighted by atomic mass is 9.53. The Balaban J connectivity index is 1.56. The van der Waals surface area contributed by atoms with E-state index in [4.69, 9.17) is 4.98 Å². The fraction of sp³-hybridized carbons (Fsp3) is 0.840. The molecule has 1 saturated carbocycles. The van der Waals surface area contributed by atoms with Gasteiger partial charge in [0, 0.05) is 41.3 Å². The average Bonchev–Trinajstić information content (AvgIpc) is 3.14. The van der Waals surface area contributed by atoms with E-state index in [1.165, 1.54) is 16.2 Å². The number of sulfone groups is 1. The standard InChI is InChI=1S/C25H40N2O4S3/c1-15(23(29)27-9-11-32-12-10-27)17-7-8-25(6)13-18-21(16(2)20(25)22(17)28)26-19(33-18)14-34(30,31)24(3,4)5/h15-17,20,22,28H,7-14H2,1-6H3/t15-,16+,17+,20+,22-,25+/m0/s1. The largest absolute Gasteiger partial charge is 0.392 e. The monoisotopic (exact) mass is 528 g/mol. The lowest BCUT2D eigenvalue weighted by molar-refractivity contribution is -0.144. The predicted octanol–water partition coefficient (Wildman–Crippen LogP) is 4.12. The van der Waals surface area contributed by atoms with Crippen molar-refractivity contribution < 1.29 is 18.3 Å². The van der Waals surface area contributed by atoms with Crippen LogP contribution < -0.4 is 0 Å². The smallest absolute Gasteiger partial charge is 0.225 e. The third-order valence-electron chi connectivity index (χ3n) is 8.57. The van der Waals surface area contributed by atoms with Crippen molar-refractivity contribution in [3.05, 3.63) is 15.6 Å². The first-order chi connectivity index (χ1) is 15.7. The average molecular weight is 529 g/mol. The first-order valence-electron chi connectivity index (χ1n) is 12.5. The molecule has 1 aromatic rings. The van der Waals surface area contributed by atoms with E-state index in [-0.39, 0.29) is 40.7 Å². The molecule has 34 heavy (non-hydrogen) atoms. The Bertz CT molecular complexity index is 1030. The number of aliphatic hydroxyl groups excluding tert-OH is 1. The van der Waals surface area contributed by atoms with Crippen molar-refractivity contribution in [2.75, 3.05) is 24.6 Å². The second kappa shape index (κ2) is 9.34. The van der Waals surface area contributed by atoms with Crippen LogP contribution in [0.25, 0.3) is 0 Å². The van der Waals surface area contributed by atoms with Crippen LogP contribution in [0, 0.1) is 23.2 Å². The van der Waals surface area contributed by atoms with Gasteiger partial charge in [-0.15, -0.1) is 11.3 Å². The summed E-state index contributed by atoms with van der Waals surface area (Å²) in [5.41, 5.74) is 0.887. The van der Waals surface area contributed by atoms with Crippen molar-refractivity contribution in [1.29, 1.82) is 0 Å². The molecule has 1 N–H and O–H groups in total. The Morgan fingerprint density at radius 3 is 2.56 bits per heavy atom. The van der Waals surface area contributed by atoms with E-state index >= 15 is 0 Å². The summed E-state index contributed by atoms with van der Waals surface area (Å²) < 4.78 is 24.8. The molecule has 2 heterocycles. The molecule has 0 bridgehead atoms. The molecule has 3 aliphatic rings. The first-order valence-corrected chi connectivity index (χ1v) is 16.1. The zero-order chi connectivity index (χ0) is 25.1. The van der Waals surface area contributed by atoms with Gasteiger partial charge in [0.1, 0.15) is 10.8 Å². The zero-order valence-corrected chi connectivity index (χ0v) is 23.8. The van der Waals surface area contributed by atoms with E-state index in [2.05, 4.69) is 13.8 Å². The van der Waals surface area contributed by atoms with Crippen molar-refractivity contribution in [3.8, 4) is 0 Å². The molecule has 1 saturated heterocycles. The minimum atomic E-state index is -3.30. The van der Waals surface area contributed by atoms with Gasteiger partial charge in [0.2, 0.25) is 5.91 Å². The fourth-order valence-corrected chi connectivity index (χ4v) is 9.89. The van der Waals surface area contributed by atoms with Crippen molar-refractivity contribution in [1.82, 2.24) is 9.88 Å². The van der Waals surface area contributed by atoms with Gasteiger partial charge < -0.3 is 10.0 Å². The minimum Gasteiger partial charge on any atom is -0.392 e. The number of amides is 1. The van der Waals surface area contributed by atoms with E-state index < -0.39 is 20.7 Å². The van der Waals surface area contributed by atoms with Crippen LogP contribution in [-0.4, -0.2) is 64.8 Å². The van der Waals surface area contributed by atoms with Crippen molar-refractivity contribution in [2.45, 2.75) is 83.3 Å². The molecule has 0 unspecified atom stereocenters. The molecule has 2 fully saturated rings. The summed E-state index contributed by atoms with van der Waals surface area (Å²) >= 11 is 3.43. The third-order valence-corrected chi connectivity index (χ3v) is 13.3. The highest BCUT2D eigenvalue weighted by atomic mass is 32.2. The van der Waals surface area contributed by atoms with Crippen molar-refractivity contribution >= 4 is 38.8 Å². The van der Waals surface area contributed by atoms with Crippen LogP contribution in [0.1, 0.15) is 75.9 Å². The minimum absolute atomic E-state index is 0.0140. The molecule has 0 radical (unpaired) electrons. The summed E-state index contributed by atoms with van der Waals surface area (Å²) in [4.78, 5) is 21.2. The lowest BCUT2D eigenvalue weighted by Gasteiger charge is -2.53. The molecule has 1 aliphatic heterocycles. The Hall–Kier alpha value is -0.640. The second-order valence-corrected chi connectivity index (χ2v) is 17.0. The number of aliphatic hydroxyl groups is 1. The quantitative estimate of drug-likeness (QED) is 0.633. The number of carbonyl (C=O) groups excluding carboxylic acids is 1. The van der Waals surface area contributed by atoms with Crippen LogP contribution in [0.2, 0.25) is 0 Å². The SMILES string of the molecule is C[C@H](C(=O)N1CCSCC1)[C@H]1CC[C@]2(C)Cc3sc(CS(=O)(=O)C(C)(C)C)nc3[C@H](C)[C@@H]2[C@H]1O. The summed E-state index contributed by atoms with van der Waals surface area (Å²) in [7, 11) is -3.30. The summed E-state index contributed by atoms with van der Waals surface area (Å²) in [5.74, 6) is 1.92. The number of thiazole rings is 1. The fourth-order valence-electron chi connectivity index (χ4n) is 6.29. The highest BCUT2D eigenvalue weighted by Crippen LogP contribution is 2.57. The van der Waals surface area contributed by atoms with E-state index in [0.717, 1.165) is 49.6 Å². The second-order valence-electron chi connectivity index (χ2n) is 11.9. The maximum absolute atomic E-state index is 13.2. The van der Waals surface area contributed by atoms with Gasteiger partial charge in [-0.05, 0) is 57.3 Å². The van der Waals surface area contributed by atoms with Crippen molar-refractivity contribution in [3.63, 3.8) is 0 Å². The van der Waals surface area contributed by atoms with Gasteiger partial charge >= 0.3 is 0 Å². The molecule has 2 aliphatic carbocycles. The zero-order valence-electron chi connectivity index (χ0n) is 21.3. The molecule has 6 atom stereocenters. The topological polar surface area (TPSA) is 87.6 Å². The van der Waals surface area contributed by atoms with Gasteiger partial charge in [-0.3, -0.25) is 4.79 Å². The molecular formula is C25H40N2O4S3. The normalized spacial score (nSPS) is 33.2. The summed E-state index contributed by atoms with van der Waals surface area (Å²) in [6, 6.07) is 0. The molecule has 0 spiro atoms. The number of carbonyl (C=O) groups is 1. The Labute approximate surface area is 213 Å². The maximum Gasteiger partial charge on any atom is 0.225 e. The van der Waals surface area contributed by atoms with Crippen LogP contribution in [0.5, 0.6) is 0 Å². The third kappa shape index (κ3) is 4.71. The van der Waals surface area contributed by atoms with Crippen LogP contribution in [0.3, 0.4) is 0 Å². The number of hydrogen-bond donors (Lipinski definition) is 1. The Morgan fingerprint density at radius 2 is 1.94 bits per heavy atom. The predicted molar refractivity (Wildman–Crippen MR) is 140 cm³/mol. The van der Waals surface area contributed by atoms with E-state index in [9.17, 15) is 18.3 Å². The molecule has 1 aromatic heterocycles. The van der Waals surface area contributed by atoms with E-state index in [1.807, 2.05) is 23.6 Å². The number of rotatable bonds is 4. The molecule has 1 amide bonds. The van der Waals surface area contributed by atoms with Crippen LogP contribution in [0.15, 0.2) is 0 Å². The number of hydrogen-bond acceptors (Lipinski definition) is 7. The first kappa shape index (κ1) is 26.4. The molecular weight excluding hydrogens is 488 g/mol. The van der Waals surface area contributed by atoms with Crippen LogP contribution in [0.4, 0.5) is 0 Å². The summed E-state index contributed by atoms with van der Waals surface area (Å²) in [6.07, 6.45) is 2.06. The van der Waals surface area contributed by atoms with Gasteiger partial charge in [0.25, 0.3) is 0 Å². The number of aromatic nitrogens is 1. The Morgan fingerprint density at radius 1 is 1.29 bits per heavy atom. The molecule has 192 valence electrons.